The monoisotopic (exact) mass is 191 g/mol. The third-order valence-corrected chi connectivity index (χ3v) is 2.89. The second kappa shape index (κ2) is 4.61. The number of hydrogen-bond donors (Lipinski definition) is 0. The van der Waals surface area contributed by atoms with Gasteiger partial charge in [0.2, 0.25) is 0 Å². The Kier molecular flexibility index (Phi) is 3.70. The van der Waals surface area contributed by atoms with Crippen LogP contribution in [-0.4, -0.2) is 25.0 Å². The molecule has 0 amide bonds. The Labute approximate surface area is 87.7 Å². The van der Waals surface area contributed by atoms with Crippen molar-refractivity contribution in [2.24, 2.45) is 0 Å². The van der Waals surface area contributed by atoms with Crippen molar-refractivity contribution >= 4 is 0 Å². The SMILES string of the molecule is Cc1ccc(C[C@@H](C)N(C)C)c(C)c1. The molecular formula is C13H21N. The molecule has 0 N–H and O–H groups in total. The van der Waals surface area contributed by atoms with Crippen LogP contribution in [0.4, 0.5) is 0 Å². The zero-order valence-corrected chi connectivity index (χ0v) is 9.96. The Hall–Kier alpha value is -0.820. The summed E-state index contributed by atoms with van der Waals surface area (Å²) in [4.78, 5) is 2.26. The molecule has 78 valence electrons. The van der Waals surface area contributed by atoms with Gasteiger partial charge in [-0.3, -0.25) is 0 Å². The number of hydrogen-bond acceptors (Lipinski definition) is 1. The van der Waals surface area contributed by atoms with Crippen molar-refractivity contribution < 1.29 is 0 Å². The van der Waals surface area contributed by atoms with E-state index < -0.39 is 0 Å². The van der Waals surface area contributed by atoms with Crippen LogP contribution in [0.2, 0.25) is 0 Å². The normalized spacial score (nSPS) is 13.3. The minimum Gasteiger partial charge on any atom is -0.306 e. The van der Waals surface area contributed by atoms with Gasteiger partial charge in [0.25, 0.3) is 0 Å². The topological polar surface area (TPSA) is 3.24 Å². The lowest BCUT2D eigenvalue weighted by atomic mass is 10.00. The number of rotatable bonds is 3. The van der Waals surface area contributed by atoms with E-state index in [4.69, 9.17) is 0 Å². The summed E-state index contributed by atoms with van der Waals surface area (Å²) in [6, 6.07) is 7.32. The predicted octanol–water partition coefficient (Wildman–Crippen LogP) is 2.80. The molecule has 1 aromatic carbocycles. The maximum absolute atomic E-state index is 2.26. The summed E-state index contributed by atoms with van der Waals surface area (Å²) < 4.78 is 0. The van der Waals surface area contributed by atoms with Crippen molar-refractivity contribution in [3.8, 4) is 0 Å². The van der Waals surface area contributed by atoms with Gasteiger partial charge in [-0.25, -0.2) is 0 Å². The molecule has 1 nitrogen and oxygen atoms in total. The first-order valence-electron chi connectivity index (χ1n) is 5.23. The minimum absolute atomic E-state index is 0.608. The van der Waals surface area contributed by atoms with E-state index in [0.717, 1.165) is 6.42 Å². The van der Waals surface area contributed by atoms with E-state index in [9.17, 15) is 0 Å². The maximum atomic E-state index is 2.26. The fourth-order valence-corrected chi connectivity index (χ4v) is 1.58. The third-order valence-electron chi connectivity index (χ3n) is 2.89. The predicted molar refractivity (Wildman–Crippen MR) is 62.8 cm³/mol. The molecule has 1 rings (SSSR count). The first-order chi connectivity index (χ1) is 6.50. The highest BCUT2D eigenvalue weighted by Gasteiger charge is 2.07. The molecule has 1 heteroatoms. The average molecular weight is 191 g/mol. The molecule has 0 heterocycles. The summed E-state index contributed by atoms with van der Waals surface area (Å²) in [7, 11) is 4.27. The molecule has 0 aliphatic heterocycles. The maximum Gasteiger partial charge on any atom is 0.0101 e. The fourth-order valence-electron chi connectivity index (χ4n) is 1.58. The van der Waals surface area contributed by atoms with Gasteiger partial charge in [-0.15, -0.1) is 0 Å². The Morgan fingerprint density at radius 1 is 1.21 bits per heavy atom. The lowest BCUT2D eigenvalue weighted by Crippen LogP contribution is -2.26. The molecule has 0 aliphatic carbocycles. The van der Waals surface area contributed by atoms with Gasteiger partial charge in [0.15, 0.2) is 0 Å². The Morgan fingerprint density at radius 2 is 1.86 bits per heavy atom. The lowest BCUT2D eigenvalue weighted by Gasteiger charge is -2.20. The molecule has 14 heavy (non-hydrogen) atoms. The van der Waals surface area contributed by atoms with E-state index in [1.165, 1.54) is 16.7 Å². The van der Waals surface area contributed by atoms with Crippen LogP contribution in [0.15, 0.2) is 18.2 Å². The van der Waals surface area contributed by atoms with Crippen molar-refractivity contribution in [2.75, 3.05) is 14.1 Å². The summed E-state index contributed by atoms with van der Waals surface area (Å²) >= 11 is 0. The molecule has 0 aliphatic rings. The van der Waals surface area contributed by atoms with Crippen LogP contribution in [0.25, 0.3) is 0 Å². The van der Waals surface area contributed by atoms with Crippen LogP contribution >= 0.6 is 0 Å². The van der Waals surface area contributed by atoms with Gasteiger partial charge in [0, 0.05) is 6.04 Å². The molecular weight excluding hydrogens is 170 g/mol. The highest BCUT2D eigenvalue weighted by molar-refractivity contribution is 5.30. The second-order valence-electron chi connectivity index (χ2n) is 4.45. The van der Waals surface area contributed by atoms with E-state index in [-0.39, 0.29) is 0 Å². The van der Waals surface area contributed by atoms with Gasteiger partial charge in [0.05, 0.1) is 0 Å². The zero-order valence-electron chi connectivity index (χ0n) is 9.96. The minimum atomic E-state index is 0.608. The summed E-state index contributed by atoms with van der Waals surface area (Å²) in [5.74, 6) is 0. The number of benzene rings is 1. The first-order valence-corrected chi connectivity index (χ1v) is 5.23. The van der Waals surface area contributed by atoms with Crippen LogP contribution in [0.5, 0.6) is 0 Å². The van der Waals surface area contributed by atoms with Gasteiger partial charge in [-0.2, -0.15) is 0 Å². The summed E-state index contributed by atoms with van der Waals surface area (Å²) in [6.07, 6.45) is 1.14. The molecule has 0 saturated heterocycles. The summed E-state index contributed by atoms with van der Waals surface area (Å²) in [6.45, 7) is 6.61. The van der Waals surface area contributed by atoms with E-state index in [0.29, 0.717) is 6.04 Å². The molecule has 0 aromatic heterocycles. The quantitative estimate of drug-likeness (QED) is 0.710. The molecule has 0 radical (unpaired) electrons. The van der Waals surface area contributed by atoms with Crippen molar-refractivity contribution in [3.05, 3.63) is 34.9 Å². The van der Waals surface area contributed by atoms with Gasteiger partial charge in [0.1, 0.15) is 0 Å². The lowest BCUT2D eigenvalue weighted by molar-refractivity contribution is 0.312. The van der Waals surface area contributed by atoms with E-state index >= 15 is 0 Å². The Bertz CT molecular complexity index is 302. The smallest absolute Gasteiger partial charge is 0.0101 e. The van der Waals surface area contributed by atoms with Gasteiger partial charge in [-0.05, 0) is 52.4 Å². The van der Waals surface area contributed by atoms with Crippen LogP contribution < -0.4 is 0 Å². The molecule has 0 fully saturated rings. The number of likely N-dealkylation sites (N-methyl/N-ethyl adjacent to an activating group) is 1. The highest BCUT2D eigenvalue weighted by atomic mass is 15.1. The van der Waals surface area contributed by atoms with Crippen molar-refractivity contribution in [1.82, 2.24) is 4.90 Å². The second-order valence-corrected chi connectivity index (χ2v) is 4.45. The molecule has 0 spiro atoms. The first kappa shape index (κ1) is 11.3. The van der Waals surface area contributed by atoms with Crippen molar-refractivity contribution in [2.45, 2.75) is 33.2 Å². The van der Waals surface area contributed by atoms with E-state index in [1.807, 2.05) is 0 Å². The van der Waals surface area contributed by atoms with Gasteiger partial charge >= 0.3 is 0 Å². The molecule has 0 bridgehead atoms. The molecule has 0 saturated carbocycles. The molecule has 1 atom stereocenters. The number of nitrogens with zero attached hydrogens (tertiary/aromatic N) is 1. The molecule has 1 aromatic rings. The third kappa shape index (κ3) is 2.85. The summed E-state index contributed by atoms with van der Waals surface area (Å²) in [5.41, 5.74) is 4.24. The highest BCUT2D eigenvalue weighted by Crippen LogP contribution is 2.13. The average Bonchev–Trinajstić information content (AvgIpc) is 2.09. The van der Waals surface area contributed by atoms with E-state index in [2.05, 4.69) is 58.0 Å². The van der Waals surface area contributed by atoms with Gasteiger partial charge in [-0.1, -0.05) is 23.8 Å². The van der Waals surface area contributed by atoms with Gasteiger partial charge < -0.3 is 4.90 Å². The zero-order chi connectivity index (χ0) is 10.7. The fraction of sp³-hybridized carbons (Fsp3) is 0.538. The standard InChI is InChI=1S/C13H21N/c1-10-6-7-13(11(2)8-10)9-12(3)14(4)5/h6-8,12H,9H2,1-5H3/t12-/m1/s1. The van der Waals surface area contributed by atoms with Crippen LogP contribution in [-0.2, 0) is 6.42 Å². The number of aryl methyl sites for hydroxylation is 2. The van der Waals surface area contributed by atoms with Crippen molar-refractivity contribution in [1.29, 1.82) is 0 Å². The Morgan fingerprint density at radius 3 is 2.36 bits per heavy atom. The van der Waals surface area contributed by atoms with Crippen molar-refractivity contribution in [3.63, 3.8) is 0 Å². The Balaban J connectivity index is 2.77. The largest absolute Gasteiger partial charge is 0.306 e. The van der Waals surface area contributed by atoms with Crippen LogP contribution in [0.3, 0.4) is 0 Å². The summed E-state index contributed by atoms with van der Waals surface area (Å²) in [5, 5.41) is 0. The van der Waals surface area contributed by atoms with Crippen LogP contribution in [0, 0.1) is 13.8 Å². The van der Waals surface area contributed by atoms with E-state index in [1.54, 1.807) is 0 Å². The molecule has 0 unspecified atom stereocenters. The van der Waals surface area contributed by atoms with Crippen LogP contribution in [0.1, 0.15) is 23.6 Å².